The lowest BCUT2D eigenvalue weighted by Gasteiger charge is -2.39. The summed E-state index contributed by atoms with van der Waals surface area (Å²) < 4.78 is 26.5. The van der Waals surface area contributed by atoms with Crippen molar-refractivity contribution >= 4 is 21.6 Å². The molecular weight excluding hydrogens is 310 g/mol. The second-order valence-corrected chi connectivity index (χ2v) is 7.89. The summed E-state index contributed by atoms with van der Waals surface area (Å²) in [6.07, 6.45) is 0. The van der Waals surface area contributed by atoms with E-state index in [1.54, 1.807) is 18.2 Å². The van der Waals surface area contributed by atoms with Gasteiger partial charge in [0.25, 0.3) is 0 Å². The maximum absolute atomic E-state index is 12.5. The molecule has 1 saturated heterocycles. The predicted molar refractivity (Wildman–Crippen MR) is 81.5 cm³/mol. The van der Waals surface area contributed by atoms with Crippen LogP contribution in [0.1, 0.15) is 13.8 Å². The Labute approximate surface area is 130 Å². The molecule has 1 aromatic carbocycles. The quantitative estimate of drug-likeness (QED) is 0.851. The Morgan fingerprint density at radius 2 is 1.86 bits per heavy atom. The molecule has 5 nitrogen and oxygen atoms in total. The second kappa shape index (κ2) is 5.93. The minimum atomic E-state index is -3.52. The van der Waals surface area contributed by atoms with Gasteiger partial charge in [-0.1, -0.05) is 17.7 Å². The van der Waals surface area contributed by atoms with E-state index >= 15 is 0 Å². The van der Waals surface area contributed by atoms with Gasteiger partial charge in [0.1, 0.15) is 5.54 Å². The van der Waals surface area contributed by atoms with E-state index in [0.29, 0.717) is 31.2 Å². The number of sulfonamides is 1. The SMILES string of the molecule is CC(C)(C#N)N1CCN(S(=O)(=O)c2cccc(Cl)c2)CC1. The highest BCUT2D eigenvalue weighted by atomic mass is 35.5. The predicted octanol–water partition coefficient (Wildman–Crippen LogP) is 1.95. The topological polar surface area (TPSA) is 64.4 Å². The first-order valence-electron chi connectivity index (χ1n) is 6.69. The van der Waals surface area contributed by atoms with E-state index in [9.17, 15) is 8.42 Å². The fourth-order valence-corrected chi connectivity index (χ4v) is 4.06. The number of halogens is 1. The standard InChI is InChI=1S/C14H18ClN3O2S/c1-14(2,11-16)17-6-8-18(9-7-17)21(19,20)13-5-3-4-12(15)10-13/h3-5,10H,6-9H2,1-2H3. The van der Waals surface area contributed by atoms with E-state index in [1.807, 2.05) is 18.7 Å². The van der Waals surface area contributed by atoms with Gasteiger partial charge in [-0.05, 0) is 32.0 Å². The molecule has 1 fully saturated rings. The molecule has 0 bridgehead atoms. The zero-order valence-corrected chi connectivity index (χ0v) is 13.7. The van der Waals surface area contributed by atoms with Crippen molar-refractivity contribution in [2.24, 2.45) is 0 Å². The van der Waals surface area contributed by atoms with Crippen LogP contribution in [0, 0.1) is 11.3 Å². The summed E-state index contributed by atoms with van der Waals surface area (Å²) in [7, 11) is -3.52. The summed E-state index contributed by atoms with van der Waals surface area (Å²) in [6, 6.07) is 8.53. The zero-order valence-electron chi connectivity index (χ0n) is 12.1. The van der Waals surface area contributed by atoms with E-state index in [-0.39, 0.29) is 4.90 Å². The van der Waals surface area contributed by atoms with Crippen molar-refractivity contribution in [3.05, 3.63) is 29.3 Å². The normalized spacial score (nSPS) is 18.4. The third kappa shape index (κ3) is 3.38. The lowest BCUT2D eigenvalue weighted by Crippen LogP contribution is -2.55. The highest BCUT2D eigenvalue weighted by Gasteiger charge is 2.34. The lowest BCUT2D eigenvalue weighted by molar-refractivity contribution is 0.115. The Balaban J connectivity index is 2.14. The molecule has 0 atom stereocenters. The summed E-state index contributed by atoms with van der Waals surface area (Å²) in [6.45, 7) is 5.52. The van der Waals surface area contributed by atoms with Gasteiger partial charge in [0.2, 0.25) is 10.0 Å². The van der Waals surface area contributed by atoms with Crippen molar-refractivity contribution in [1.82, 2.24) is 9.21 Å². The number of rotatable bonds is 3. The third-order valence-electron chi connectivity index (χ3n) is 3.74. The van der Waals surface area contributed by atoms with Crippen LogP contribution in [0.25, 0.3) is 0 Å². The largest absolute Gasteiger partial charge is 0.283 e. The highest BCUT2D eigenvalue weighted by Crippen LogP contribution is 2.23. The molecule has 0 N–H and O–H groups in total. The Hall–Kier alpha value is -1.13. The summed E-state index contributed by atoms with van der Waals surface area (Å²) in [5, 5.41) is 9.55. The molecular formula is C14H18ClN3O2S. The molecule has 1 aromatic rings. The average molecular weight is 328 g/mol. The Morgan fingerprint density at radius 3 is 2.38 bits per heavy atom. The van der Waals surface area contributed by atoms with Crippen molar-refractivity contribution in [2.45, 2.75) is 24.3 Å². The zero-order chi connectivity index (χ0) is 15.7. The number of hydrogen-bond acceptors (Lipinski definition) is 4. The van der Waals surface area contributed by atoms with Crippen LogP contribution in [0.2, 0.25) is 5.02 Å². The monoisotopic (exact) mass is 327 g/mol. The maximum Gasteiger partial charge on any atom is 0.243 e. The fraction of sp³-hybridized carbons (Fsp3) is 0.500. The van der Waals surface area contributed by atoms with E-state index in [4.69, 9.17) is 16.9 Å². The van der Waals surface area contributed by atoms with Crippen molar-refractivity contribution in [1.29, 1.82) is 5.26 Å². The van der Waals surface area contributed by atoms with Gasteiger partial charge in [0.05, 0.1) is 11.0 Å². The van der Waals surface area contributed by atoms with Gasteiger partial charge in [0.15, 0.2) is 0 Å². The van der Waals surface area contributed by atoms with Crippen molar-refractivity contribution < 1.29 is 8.42 Å². The first-order chi connectivity index (χ1) is 9.77. The number of hydrogen-bond donors (Lipinski definition) is 0. The van der Waals surface area contributed by atoms with Gasteiger partial charge in [-0.15, -0.1) is 0 Å². The number of piperazine rings is 1. The van der Waals surface area contributed by atoms with Crippen LogP contribution in [-0.2, 0) is 10.0 Å². The third-order valence-corrected chi connectivity index (χ3v) is 5.87. The van der Waals surface area contributed by atoms with Crippen LogP contribution < -0.4 is 0 Å². The van der Waals surface area contributed by atoms with Crippen molar-refractivity contribution in [3.63, 3.8) is 0 Å². The molecule has 0 aromatic heterocycles. The first-order valence-corrected chi connectivity index (χ1v) is 8.51. The van der Waals surface area contributed by atoms with Gasteiger partial charge in [-0.2, -0.15) is 9.57 Å². The molecule has 2 rings (SSSR count). The van der Waals surface area contributed by atoms with E-state index in [1.165, 1.54) is 10.4 Å². The molecule has 1 heterocycles. The minimum Gasteiger partial charge on any atom is -0.283 e. The van der Waals surface area contributed by atoms with Crippen LogP contribution >= 0.6 is 11.6 Å². The average Bonchev–Trinajstić information content (AvgIpc) is 2.47. The smallest absolute Gasteiger partial charge is 0.243 e. The Morgan fingerprint density at radius 1 is 1.24 bits per heavy atom. The summed E-state index contributed by atoms with van der Waals surface area (Å²) in [4.78, 5) is 2.21. The molecule has 114 valence electrons. The van der Waals surface area contributed by atoms with Gasteiger partial charge in [0, 0.05) is 31.2 Å². The highest BCUT2D eigenvalue weighted by molar-refractivity contribution is 7.89. The number of nitrogens with zero attached hydrogens (tertiary/aromatic N) is 3. The van der Waals surface area contributed by atoms with Crippen LogP contribution in [0.4, 0.5) is 0 Å². The first kappa shape index (κ1) is 16.2. The van der Waals surface area contributed by atoms with E-state index < -0.39 is 15.6 Å². The molecule has 1 aliphatic rings. The molecule has 0 unspecified atom stereocenters. The molecule has 7 heteroatoms. The van der Waals surface area contributed by atoms with Crippen LogP contribution in [-0.4, -0.2) is 49.3 Å². The summed E-state index contributed by atoms with van der Waals surface area (Å²) in [5.41, 5.74) is -0.577. The Bertz CT molecular complexity index is 659. The maximum atomic E-state index is 12.5. The van der Waals surface area contributed by atoms with Gasteiger partial charge in [-0.25, -0.2) is 8.42 Å². The van der Waals surface area contributed by atoms with E-state index in [2.05, 4.69) is 6.07 Å². The second-order valence-electron chi connectivity index (χ2n) is 5.52. The van der Waals surface area contributed by atoms with Gasteiger partial charge >= 0.3 is 0 Å². The van der Waals surface area contributed by atoms with Crippen molar-refractivity contribution in [3.8, 4) is 6.07 Å². The fourth-order valence-electron chi connectivity index (χ4n) is 2.33. The number of nitriles is 1. The van der Waals surface area contributed by atoms with Crippen LogP contribution in [0.3, 0.4) is 0 Å². The molecule has 0 saturated carbocycles. The van der Waals surface area contributed by atoms with Crippen LogP contribution in [0.5, 0.6) is 0 Å². The van der Waals surface area contributed by atoms with E-state index in [0.717, 1.165) is 0 Å². The molecule has 1 aliphatic heterocycles. The van der Waals surface area contributed by atoms with Crippen LogP contribution in [0.15, 0.2) is 29.2 Å². The molecule has 0 radical (unpaired) electrons. The Kier molecular flexibility index (Phi) is 4.59. The minimum absolute atomic E-state index is 0.211. The summed E-state index contributed by atoms with van der Waals surface area (Å²) >= 11 is 5.86. The molecule has 0 spiro atoms. The van der Waals surface area contributed by atoms with Crippen molar-refractivity contribution in [2.75, 3.05) is 26.2 Å². The van der Waals surface area contributed by atoms with Gasteiger partial charge < -0.3 is 0 Å². The molecule has 0 amide bonds. The molecule has 21 heavy (non-hydrogen) atoms. The summed E-state index contributed by atoms with van der Waals surface area (Å²) in [5.74, 6) is 0. The number of benzene rings is 1. The van der Waals surface area contributed by atoms with Gasteiger partial charge in [-0.3, -0.25) is 4.90 Å². The molecule has 0 aliphatic carbocycles. The lowest BCUT2D eigenvalue weighted by atomic mass is 10.0.